The van der Waals surface area contributed by atoms with Crippen LogP contribution in [-0.4, -0.2) is 35.1 Å². The van der Waals surface area contributed by atoms with E-state index in [4.69, 9.17) is 14.2 Å². The average Bonchev–Trinajstić information content (AvgIpc) is 3.34. The number of hydrogen-bond donors (Lipinski definition) is 0. The number of methoxy groups -OCH3 is 1. The molecule has 9 heteroatoms. The van der Waals surface area contributed by atoms with E-state index >= 15 is 0 Å². The summed E-state index contributed by atoms with van der Waals surface area (Å²) >= 11 is 0. The number of carbonyl (C=O) groups excluding carboxylic acids is 1. The van der Waals surface area contributed by atoms with E-state index in [1.165, 1.54) is 16.9 Å². The maximum atomic E-state index is 14.4. The summed E-state index contributed by atoms with van der Waals surface area (Å²) in [5.74, 6) is -0.227. The van der Waals surface area contributed by atoms with Crippen LogP contribution in [0.3, 0.4) is 0 Å². The summed E-state index contributed by atoms with van der Waals surface area (Å²) in [6, 6.07) is 9.24. The summed E-state index contributed by atoms with van der Waals surface area (Å²) in [6.45, 7) is 5.60. The van der Waals surface area contributed by atoms with Crippen molar-refractivity contribution in [1.82, 2.24) is 9.78 Å². The normalized spacial score (nSPS) is 14.7. The van der Waals surface area contributed by atoms with E-state index in [9.17, 15) is 18.0 Å². The van der Waals surface area contributed by atoms with E-state index in [0.29, 0.717) is 23.6 Å². The minimum absolute atomic E-state index is 0.191. The van der Waals surface area contributed by atoms with Crippen LogP contribution in [0.2, 0.25) is 0 Å². The lowest BCUT2D eigenvalue weighted by Gasteiger charge is -2.30. The van der Waals surface area contributed by atoms with Crippen LogP contribution >= 0.6 is 0 Å². The summed E-state index contributed by atoms with van der Waals surface area (Å²) in [5.41, 5.74) is -0.287. The fourth-order valence-corrected chi connectivity index (χ4v) is 4.23. The minimum Gasteiger partial charge on any atom is -0.493 e. The predicted octanol–water partition coefficient (Wildman–Crippen LogP) is 5.91. The molecule has 2 heterocycles. The van der Waals surface area contributed by atoms with E-state index in [0.717, 1.165) is 31.6 Å². The fourth-order valence-electron chi connectivity index (χ4n) is 4.23. The van der Waals surface area contributed by atoms with Crippen molar-refractivity contribution in [3.63, 3.8) is 0 Å². The molecular formula is C26H27F3N2O4. The van der Waals surface area contributed by atoms with Gasteiger partial charge in [0.2, 0.25) is 0 Å². The van der Waals surface area contributed by atoms with Gasteiger partial charge in [-0.05, 0) is 75.1 Å². The highest BCUT2D eigenvalue weighted by Gasteiger charge is 2.42. The van der Waals surface area contributed by atoms with Crippen molar-refractivity contribution in [3.05, 3.63) is 65.5 Å². The molecule has 0 saturated heterocycles. The first-order chi connectivity index (χ1) is 16.5. The number of fused-ring (bicyclic) bond motifs is 1. The maximum Gasteiger partial charge on any atom is 0.416 e. The number of aromatic nitrogens is 2. The minimum atomic E-state index is -4.75. The Morgan fingerprint density at radius 3 is 2.57 bits per heavy atom. The topological polar surface area (TPSA) is 62.6 Å². The first-order valence-electron chi connectivity index (χ1n) is 11.3. The third kappa shape index (κ3) is 5.19. The number of benzene rings is 2. The molecule has 2 aromatic carbocycles. The lowest BCUT2D eigenvalue weighted by atomic mass is 9.88. The third-order valence-electron chi connectivity index (χ3n) is 5.63. The van der Waals surface area contributed by atoms with Gasteiger partial charge < -0.3 is 14.2 Å². The van der Waals surface area contributed by atoms with Crippen LogP contribution in [0.5, 0.6) is 5.75 Å². The zero-order chi connectivity index (χ0) is 25.4. The van der Waals surface area contributed by atoms with E-state index in [1.54, 1.807) is 45.2 Å². The molecule has 0 radical (unpaired) electrons. The van der Waals surface area contributed by atoms with Gasteiger partial charge in [-0.3, -0.25) is 0 Å². The highest BCUT2D eigenvalue weighted by molar-refractivity contribution is 5.86. The van der Waals surface area contributed by atoms with Crippen molar-refractivity contribution in [1.29, 1.82) is 0 Å². The largest absolute Gasteiger partial charge is 0.493 e. The van der Waals surface area contributed by atoms with Gasteiger partial charge in [0.25, 0.3) is 0 Å². The molecule has 0 N–H and O–H groups in total. The van der Waals surface area contributed by atoms with Crippen molar-refractivity contribution in [2.75, 3.05) is 13.7 Å². The molecule has 0 aliphatic carbocycles. The van der Waals surface area contributed by atoms with Crippen LogP contribution in [0.15, 0.2) is 48.8 Å². The number of ether oxygens (including phenoxy) is 3. The lowest BCUT2D eigenvalue weighted by molar-refractivity contribution is -0.166. The van der Waals surface area contributed by atoms with Gasteiger partial charge in [-0.25, -0.2) is 9.48 Å². The molecule has 0 fully saturated rings. The van der Waals surface area contributed by atoms with Crippen LogP contribution in [0.25, 0.3) is 16.8 Å². The van der Waals surface area contributed by atoms with Gasteiger partial charge in [0.05, 0.1) is 30.6 Å². The lowest BCUT2D eigenvalue weighted by Crippen LogP contribution is -2.30. The molecule has 1 unspecified atom stereocenters. The van der Waals surface area contributed by atoms with Gasteiger partial charge in [0, 0.05) is 23.5 Å². The molecule has 1 atom stereocenters. The molecule has 4 rings (SSSR count). The van der Waals surface area contributed by atoms with Crippen molar-refractivity contribution in [3.8, 4) is 22.6 Å². The Morgan fingerprint density at radius 1 is 1.17 bits per heavy atom. The van der Waals surface area contributed by atoms with Crippen LogP contribution in [-0.2, 0) is 26.9 Å². The summed E-state index contributed by atoms with van der Waals surface area (Å²) in [7, 11) is 1.13. The number of esters is 1. The maximum absolute atomic E-state index is 14.4. The van der Waals surface area contributed by atoms with E-state index in [2.05, 4.69) is 5.10 Å². The van der Waals surface area contributed by atoms with E-state index in [1.807, 2.05) is 6.07 Å². The average molecular weight is 489 g/mol. The predicted molar refractivity (Wildman–Crippen MR) is 123 cm³/mol. The Bertz CT molecular complexity index is 1210. The molecule has 3 aromatic rings. The first kappa shape index (κ1) is 24.8. The van der Waals surface area contributed by atoms with Crippen molar-refractivity contribution < 1.29 is 32.2 Å². The fraction of sp³-hybridized carbons (Fsp3) is 0.385. The Hall–Kier alpha value is -3.33. The van der Waals surface area contributed by atoms with Gasteiger partial charge in [-0.1, -0.05) is 6.07 Å². The summed E-state index contributed by atoms with van der Waals surface area (Å²) in [5, 5.41) is 4.25. The zero-order valence-corrected chi connectivity index (χ0v) is 20.0. The van der Waals surface area contributed by atoms with Gasteiger partial charge in [-0.2, -0.15) is 18.3 Å². The second kappa shape index (κ2) is 9.37. The smallest absolute Gasteiger partial charge is 0.416 e. The molecule has 186 valence electrons. The quantitative estimate of drug-likeness (QED) is 0.418. The molecule has 1 aliphatic rings. The molecule has 1 aromatic heterocycles. The molecule has 35 heavy (non-hydrogen) atoms. The van der Waals surface area contributed by atoms with Gasteiger partial charge >= 0.3 is 12.1 Å². The molecular weight excluding hydrogens is 461 g/mol. The SMILES string of the molecule is COC(=O)C(OC(C)(C)C)c1c(C(F)(F)F)ccc(-n2cccn2)c1-c1ccc2c(c1)CCCO2. The monoisotopic (exact) mass is 488 g/mol. The van der Waals surface area contributed by atoms with Gasteiger partial charge in [-0.15, -0.1) is 0 Å². The molecule has 0 saturated carbocycles. The molecule has 0 amide bonds. The Labute approximate surface area is 201 Å². The molecule has 6 nitrogen and oxygen atoms in total. The Morgan fingerprint density at radius 2 is 1.94 bits per heavy atom. The van der Waals surface area contributed by atoms with Crippen molar-refractivity contribution >= 4 is 5.97 Å². The third-order valence-corrected chi connectivity index (χ3v) is 5.63. The highest BCUT2D eigenvalue weighted by atomic mass is 19.4. The number of nitrogens with zero attached hydrogens (tertiary/aromatic N) is 2. The van der Waals surface area contributed by atoms with Crippen LogP contribution < -0.4 is 4.74 Å². The van der Waals surface area contributed by atoms with E-state index in [-0.39, 0.29) is 11.1 Å². The zero-order valence-electron chi connectivity index (χ0n) is 20.0. The molecule has 0 bridgehead atoms. The second-order valence-corrected chi connectivity index (χ2v) is 9.28. The number of rotatable bonds is 5. The summed E-state index contributed by atoms with van der Waals surface area (Å²) < 4.78 is 61.2. The molecule has 0 spiro atoms. The van der Waals surface area contributed by atoms with Crippen LogP contribution in [0.4, 0.5) is 13.2 Å². The van der Waals surface area contributed by atoms with Gasteiger partial charge in [0.15, 0.2) is 6.10 Å². The second-order valence-electron chi connectivity index (χ2n) is 9.28. The molecule has 1 aliphatic heterocycles. The van der Waals surface area contributed by atoms with Crippen LogP contribution in [0.1, 0.15) is 50.0 Å². The van der Waals surface area contributed by atoms with Gasteiger partial charge in [0.1, 0.15) is 5.75 Å². The summed E-state index contributed by atoms with van der Waals surface area (Å²) in [6.07, 6.45) is -1.68. The first-order valence-corrected chi connectivity index (χ1v) is 11.3. The summed E-state index contributed by atoms with van der Waals surface area (Å²) in [4.78, 5) is 12.9. The number of aryl methyl sites for hydroxylation is 1. The van der Waals surface area contributed by atoms with E-state index < -0.39 is 29.4 Å². The number of carbonyl (C=O) groups is 1. The Balaban J connectivity index is 2.09. The standard InChI is InChI=1S/C26H27F3N2O4/c1-25(2,3)35-23(24(32)33-4)22-18(26(27,28)29)9-10-19(31-13-6-12-30-31)21(22)17-8-11-20-16(15-17)7-5-14-34-20/h6,8-13,15,23H,5,7,14H2,1-4H3. The number of halogens is 3. The number of alkyl halides is 3. The highest BCUT2D eigenvalue weighted by Crippen LogP contribution is 2.45. The van der Waals surface area contributed by atoms with Crippen LogP contribution in [0, 0.1) is 0 Å². The van der Waals surface area contributed by atoms with Crippen molar-refractivity contribution in [2.24, 2.45) is 0 Å². The number of hydrogen-bond acceptors (Lipinski definition) is 5. The Kier molecular flexibility index (Phi) is 6.64. The van der Waals surface area contributed by atoms with Crippen molar-refractivity contribution in [2.45, 2.75) is 51.5 Å².